The molecule has 0 amide bonds. The van der Waals surface area contributed by atoms with E-state index < -0.39 is 0 Å². The van der Waals surface area contributed by atoms with Crippen molar-refractivity contribution in [2.45, 2.75) is 26.7 Å². The molecule has 0 spiro atoms. The zero-order valence-electron chi connectivity index (χ0n) is 4.88. The van der Waals surface area contributed by atoms with Crippen LogP contribution in [0.1, 0.15) is 26.7 Å². The first-order valence-corrected chi connectivity index (χ1v) is 1.91. The van der Waals surface area contributed by atoms with Crippen LogP contribution < -0.4 is 9.41 Å². The molecule has 0 aromatic rings. The third-order valence-corrected chi connectivity index (χ3v) is 0.500. The molecule has 7 heavy (non-hydrogen) atoms. The van der Waals surface area contributed by atoms with Crippen LogP contribution in [0.2, 0.25) is 0 Å². The summed E-state index contributed by atoms with van der Waals surface area (Å²) in [5, 5.41) is 0. The quantitative estimate of drug-likeness (QED) is 0.306. The first-order valence-electron chi connectivity index (χ1n) is 1.91. The SMILES string of the molecule is CCCC.[F-].[F-].[Mg+2]. The molecule has 0 N–H and O–H groups in total. The zero-order valence-corrected chi connectivity index (χ0v) is 6.29. The molecule has 3 heteroatoms. The van der Waals surface area contributed by atoms with Crippen molar-refractivity contribution in [1.29, 1.82) is 0 Å². The maximum atomic E-state index is 2.18. The molecule has 0 unspecified atom stereocenters. The number of hydrogen-bond acceptors (Lipinski definition) is 0. The van der Waals surface area contributed by atoms with E-state index in [1.807, 2.05) is 0 Å². The van der Waals surface area contributed by atoms with Crippen molar-refractivity contribution < 1.29 is 9.41 Å². The van der Waals surface area contributed by atoms with Gasteiger partial charge in [0.15, 0.2) is 0 Å². The predicted octanol–water partition coefficient (Wildman–Crippen LogP) is -4.57. The minimum atomic E-state index is 0. The predicted molar refractivity (Wildman–Crippen MR) is 26.3 cm³/mol. The monoisotopic (exact) mass is 120 g/mol. The van der Waals surface area contributed by atoms with Gasteiger partial charge in [-0.25, -0.2) is 0 Å². The molecule has 0 bridgehead atoms. The molecule has 0 aliphatic carbocycles. The fraction of sp³-hybridized carbons (Fsp3) is 1.00. The van der Waals surface area contributed by atoms with E-state index in [9.17, 15) is 0 Å². The molecule has 0 fully saturated rings. The van der Waals surface area contributed by atoms with Crippen LogP contribution in [0.4, 0.5) is 0 Å². The van der Waals surface area contributed by atoms with Gasteiger partial charge < -0.3 is 9.41 Å². The summed E-state index contributed by atoms with van der Waals surface area (Å²) in [5.41, 5.74) is 0. The Kier molecular flexibility index (Phi) is 111. The van der Waals surface area contributed by atoms with Gasteiger partial charge in [-0.1, -0.05) is 26.7 Å². The van der Waals surface area contributed by atoms with Gasteiger partial charge in [0.05, 0.1) is 0 Å². The molecule has 0 heterocycles. The third kappa shape index (κ3) is 53.6. The maximum Gasteiger partial charge on any atom is 2.00 e. The van der Waals surface area contributed by atoms with Crippen molar-refractivity contribution in [3.63, 3.8) is 0 Å². The first-order chi connectivity index (χ1) is 1.91. The van der Waals surface area contributed by atoms with Crippen LogP contribution in [0.25, 0.3) is 0 Å². The molecule has 0 saturated heterocycles. The van der Waals surface area contributed by atoms with Crippen molar-refractivity contribution >= 4 is 23.1 Å². The fourth-order valence-corrected chi connectivity index (χ4v) is 0. The number of rotatable bonds is 1. The average Bonchev–Trinajstić information content (AvgIpc) is 1.37. The molecule has 42 valence electrons. The number of halogens is 2. The number of unbranched alkanes of at least 4 members (excludes halogenated alkanes) is 1. The summed E-state index contributed by atoms with van der Waals surface area (Å²) >= 11 is 0. The van der Waals surface area contributed by atoms with Gasteiger partial charge in [0, 0.05) is 0 Å². The third-order valence-electron chi connectivity index (χ3n) is 0.500. The number of hydrogen-bond donors (Lipinski definition) is 0. The minimum Gasteiger partial charge on any atom is -1.00 e. The van der Waals surface area contributed by atoms with Crippen LogP contribution in [0.5, 0.6) is 0 Å². The van der Waals surface area contributed by atoms with Crippen LogP contribution in [0, 0.1) is 0 Å². The van der Waals surface area contributed by atoms with Gasteiger partial charge in [0.1, 0.15) is 0 Å². The summed E-state index contributed by atoms with van der Waals surface area (Å²) in [7, 11) is 0. The summed E-state index contributed by atoms with van der Waals surface area (Å²) in [5.74, 6) is 0. The Morgan fingerprint density at radius 3 is 1.00 bits per heavy atom. The van der Waals surface area contributed by atoms with Gasteiger partial charge >= 0.3 is 23.1 Å². The molecule has 0 aliphatic rings. The molecular formula is C4H10F2Mg. The van der Waals surface area contributed by atoms with E-state index in [1.165, 1.54) is 12.8 Å². The van der Waals surface area contributed by atoms with Gasteiger partial charge in [0.25, 0.3) is 0 Å². The second-order valence-corrected chi connectivity index (χ2v) is 1.000. The minimum absolute atomic E-state index is 0. The molecule has 0 aromatic heterocycles. The second-order valence-electron chi connectivity index (χ2n) is 1.000. The Hall–Kier alpha value is 0.626. The summed E-state index contributed by atoms with van der Waals surface area (Å²) in [6.07, 6.45) is 2.64. The van der Waals surface area contributed by atoms with E-state index in [0.29, 0.717) is 0 Å². The van der Waals surface area contributed by atoms with Gasteiger partial charge in [-0.3, -0.25) is 0 Å². The zero-order chi connectivity index (χ0) is 3.41. The van der Waals surface area contributed by atoms with Crippen molar-refractivity contribution in [1.82, 2.24) is 0 Å². The van der Waals surface area contributed by atoms with E-state index in [2.05, 4.69) is 13.8 Å². The first kappa shape index (κ1) is 25.5. The van der Waals surface area contributed by atoms with Gasteiger partial charge in [-0.2, -0.15) is 0 Å². The Morgan fingerprint density at radius 1 is 0.857 bits per heavy atom. The van der Waals surface area contributed by atoms with E-state index in [4.69, 9.17) is 0 Å². The van der Waals surface area contributed by atoms with E-state index in [1.54, 1.807) is 0 Å². The Balaban J connectivity index is -0.0000000150. The summed E-state index contributed by atoms with van der Waals surface area (Å²) in [4.78, 5) is 0. The van der Waals surface area contributed by atoms with Crippen LogP contribution in [0.15, 0.2) is 0 Å². The van der Waals surface area contributed by atoms with Crippen molar-refractivity contribution in [2.75, 3.05) is 0 Å². The fourth-order valence-electron chi connectivity index (χ4n) is 0. The molecule has 0 saturated carbocycles. The topological polar surface area (TPSA) is 0 Å². The van der Waals surface area contributed by atoms with Crippen molar-refractivity contribution in [3.05, 3.63) is 0 Å². The average molecular weight is 120 g/mol. The normalized spacial score (nSPS) is 4.29. The van der Waals surface area contributed by atoms with Crippen LogP contribution in [-0.2, 0) is 0 Å². The Morgan fingerprint density at radius 2 is 1.00 bits per heavy atom. The van der Waals surface area contributed by atoms with Crippen LogP contribution in [0.3, 0.4) is 0 Å². The van der Waals surface area contributed by atoms with Gasteiger partial charge in [-0.15, -0.1) is 0 Å². The smallest absolute Gasteiger partial charge is 1.00 e. The van der Waals surface area contributed by atoms with Crippen LogP contribution in [-0.4, -0.2) is 23.1 Å². The standard InChI is InChI=1S/C4H10.2FH.Mg/c1-3-4-2;;;/h3-4H2,1-2H3;2*1H;/q;;;+2/p-2. The molecule has 0 radical (unpaired) electrons. The Labute approximate surface area is 59.6 Å². The molecule has 0 nitrogen and oxygen atoms in total. The van der Waals surface area contributed by atoms with Crippen molar-refractivity contribution in [3.8, 4) is 0 Å². The molecule has 0 atom stereocenters. The summed E-state index contributed by atoms with van der Waals surface area (Å²) < 4.78 is 0. The molecule has 0 rings (SSSR count). The van der Waals surface area contributed by atoms with E-state index in [0.717, 1.165) is 0 Å². The molecule has 0 aromatic carbocycles. The van der Waals surface area contributed by atoms with E-state index >= 15 is 0 Å². The van der Waals surface area contributed by atoms with E-state index in [-0.39, 0.29) is 32.5 Å². The Bertz CT molecular complexity index is 11.7. The summed E-state index contributed by atoms with van der Waals surface area (Å²) in [6.45, 7) is 4.36. The second kappa shape index (κ2) is 30.4. The van der Waals surface area contributed by atoms with Crippen LogP contribution >= 0.6 is 0 Å². The largest absolute Gasteiger partial charge is 2.00 e. The molecular weight excluding hydrogens is 110 g/mol. The maximum absolute atomic E-state index is 2.18. The molecule has 0 aliphatic heterocycles. The van der Waals surface area contributed by atoms with Gasteiger partial charge in [0.2, 0.25) is 0 Å². The summed E-state index contributed by atoms with van der Waals surface area (Å²) in [6, 6.07) is 0. The van der Waals surface area contributed by atoms with Crippen molar-refractivity contribution in [2.24, 2.45) is 0 Å². The van der Waals surface area contributed by atoms with Gasteiger partial charge in [-0.05, 0) is 0 Å².